The molecule has 0 N–H and O–H groups in total. The van der Waals surface area contributed by atoms with Crippen molar-refractivity contribution >= 4 is 37.9 Å². The number of fused-ring (bicyclic) bond motifs is 6. The molecule has 0 spiro atoms. The van der Waals surface area contributed by atoms with E-state index in [4.69, 9.17) is 21.9 Å². The van der Waals surface area contributed by atoms with Gasteiger partial charge in [-0.25, -0.2) is 0 Å². The molecule has 0 heterocycles. The van der Waals surface area contributed by atoms with Gasteiger partial charge in [0.2, 0.25) is 0 Å². The van der Waals surface area contributed by atoms with Crippen LogP contribution in [0.5, 0.6) is 0 Å². The number of hydrogen-bond acceptors (Lipinski definition) is 0. The largest absolute Gasteiger partial charge is 0.0767 e. The predicted molar refractivity (Wildman–Crippen MR) is 162 cm³/mol. The Morgan fingerprint density at radius 3 is 1.89 bits per heavy atom. The van der Waals surface area contributed by atoms with Gasteiger partial charge in [-0.2, -0.15) is 0 Å². The molecule has 0 radical (unpaired) electrons. The van der Waals surface area contributed by atoms with Crippen LogP contribution in [0.3, 0.4) is 0 Å². The molecule has 2 aliphatic rings. The molecule has 0 aliphatic heterocycles. The Morgan fingerprint density at radius 1 is 0.526 bits per heavy atom. The summed E-state index contributed by atoms with van der Waals surface area (Å²) in [4.78, 5) is 0. The lowest BCUT2D eigenvalue weighted by molar-refractivity contribution is 0.689. The first-order valence-corrected chi connectivity index (χ1v) is 11.5. The van der Waals surface area contributed by atoms with E-state index in [0.29, 0.717) is 0 Å². The van der Waals surface area contributed by atoms with Crippen LogP contribution in [-0.4, -0.2) is 0 Å². The quantitative estimate of drug-likeness (QED) is 0.205. The lowest BCUT2D eigenvalue weighted by atomic mass is 9.72. The van der Waals surface area contributed by atoms with Crippen LogP contribution in [-0.2, 0) is 0 Å². The molecule has 6 aromatic rings. The van der Waals surface area contributed by atoms with Crippen molar-refractivity contribution in [2.75, 3.05) is 0 Å². The smallest absolute Gasteiger partial charge is 0.0636 e. The van der Waals surface area contributed by atoms with Crippen molar-refractivity contribution in [3.63, 3.8) is 0 Å². The standard InChI is InChI=1S/C38H26/c1-2-12-26-23-28(22-21-25(26)11-1)37-32-17-7-9-19-34(32)38(35-20-10-8-18-33(35)37)36-24-27-13-3-4-14-29(27)30-15-5-6-16-31(30)36/h1-24,27,29H/i1D,2D,3D,4D,5D,6D,7D,8D,9D,10D,11D,12D,13D,14D,15D,16D,17D,18D,19D,20D,21D,22D,23D,24D. The minimum atomic E-state index is -1.75. The zero-order valence-corrected chi connectivity index (χ0v) is 19.2. The molecule has 2 unspecified atom stereocenters. The van der Waals surface area contributed by atoms with Gasteiger partial charge in [-0.05, 0) is 71.8 Å². The van der Waals surface area contributed by atoms with E-state index in [0.717, 1.165) is 0 Å². The Hall–Kier alpha value is -4.68. The molecule has 0 fully saturated rings. The molecule has 0 heteroatoms. The first-order chi connectivity index (χ1) is 28.9. The maximum absolute atomic E-state index is 9.75. The van der Waals surface area contributed by atoms with E-state index < -0.39 is 223 Å². The molecule has 38 heavy (non-hydrogen) atoms. The summed E-state index contributed by atoms with van der Waals surface area (Å²) in [7, 11) is 0. The van der Waals surface area contributed by atoms with Crippen molar-refractivity contribution in [3.05, 3.63) is 162 Å². The van der Waals surface area contributed by atoms with Crippen molar-refractivity contribution < 1.29 is 32.9 Å². The molecule has 0 saturated carbocycles. The average molecular weight is 507 g/mol. The van der Waals surface area contributed by atoms with Crippen LogP contribution in [0.15, 0.2) is 145 Å². The summed E-state index contributed by atoms with van der Waals surface area (Å²) in [5.74, 6) is -3.38. The Balaban J connectivity index is 1.76. The summed E-state index contributed by atoms with van der Waals surface area (Å²) in [6.07, 6.45) is 0. The van der Waals surface area contributed by atoms with E-state index in [1.165, 1.54) is 0 Å². The molecular weight excluding hydrogens is 456 g/mol. The third-order valence-electron chi connectivity index (χ3n) is 6.55. The van der Waals surface area contributed by atoms with E-state index in [1.54, 1.807) is 0 Å². The highest BCUT2D eigenvalue weighted by Crippen LogP contribution is 2.48. The van der Waals surface area contributed by atoms with Gasteiger partial charge in [0.15, 0.2) is 0 Å². The third kappa shape index (κ3) is 3.17. The zero-order valence-electron chi connectivity index (χ0n) is 43.2. The van der Waals surface area contributed by atoms with Crippen molar-refractivity contribution in [2.45, 2.75) is 5.92 Å². The lowest BCUT2D eigenvalue weighted by Gasteiger charge is -2.32. The molecule has 0 aromatic heterocycles. The van der Waals surface area contributed by atoms with Gasteiger partial charge in [-0.1, -0.05) is 139 Å². The molecule has 8 rings (SSSR count). The fraction of sp³-hybridized carbons (Fsp3) is 0.0526. The number of rotatable bonds is 2. The minimum Gasteiger partial charge on any atom is -0.0767 e. The lowest BCUT2D eigenvalue weighted by Crippen LogP contribution is -2.16. The fourth-order valence-electron chi connectivity index (χ4n) is 4.96. The van der Waals surface area contributed by atoms with E-state index in [2.05, 4.69) is 0 Å². The normalized spacial score (nSPS) is 28.1. The van der Waals surface area contributed by atoms with Crippen molar-refractivity contribution in [3.8, 4) is 11.1 Å². The van der Waals surface area contributed by atoms with Crippen LogP contribution in [0.4, 0.5) is 0 Å². The number of allylic oxidation sites excluding steroid dienone is 5. The van der Waals surface area contributed by atoms with Gasteiger partial charge >= 0.3 is 0 Å². The van der Waals surface area contributed by atoms with Gasteiger partial charge in [-0.3, -0.25) is 0 Å². The van der Waals surface area contributed by atoms with Gasteiger partial charge in [0.05, 0.1) is 32.9 Å². The molecule has 0 bridgehead atoms. The zero-order chi connectivity index (χ0) is 45.9. The van der Waals surface area contributed by atoms with Crippen LogP contribution in [0, 0.1) is 5.92 Å². The van der Waals surface area contributed by atoms with Gasteiger partial charge in [0, 0.05) is 11.8 Å². The molecule has 0 amide bonds. The maximum Gasteiger partial charge on any atom is 0.0636 e. The number of hydrogen-bond donors (Lipinski definition) is 0. The minimum absolute atomic E-state index is 0.435. The highest BCUT2D eigenvalue weighted by molar-refractivity contribution is 6.20. The van der Waals surface area contributed by atoms with Crippen molar-refractivity contribution in [1.82, 2.24) is 0 Å². The molecule has 0 nitrogen and oxygen atoms in total. The van der Waals surface area contributed by atoms with Gasteiger partial charge in [0.1, 0.15) is 0 Å². The summed E-state index contributed by atoms with van der Waals surface area (Å²) in [5, 5.41) is -3.81. The topological polar surface area (TPSA) is 0 Å². The Morgan fingerprint density at radius 2 is 1.13 bits per heavy atom. The summed E-state index contributed by atoms with van der Waals surface area (Å²) < 4.78 is 214. The van der Waals surface area contributed by atoms with Crippen LogP contribution in [0.1, 0.15) is 55.5 Å². The summed E-state index contributed by atoms with van der Waals surface area (Å²) in [5.41, 5.74) is -3.65. The second kappa shape index (κ2) is 8.43. The highest BCUT2D eigenvalue weighted by atomic mass is 14.3. The second-order valence-electron chi connectivity index (χ2n) is 8.55. The van der Waals surface area contributed by atoms with Crippen LogP contribution < -0.4 is 0 Å². The van der Waals surface area contributed by atoms with Gasteiger partial charge in [0.25, 0.3) is 0 Å². The van der Waals surface area contributed by atoms with E-state index >= 15 is 0 Å². The molecular formula is C38H26. The predicted octanol–water partition coefficient (Wildman–Crippen LogP) is 10.1. The highest BCUT2D eigenvalue weighted by Gasteiger charge is 2.29. The van der Waals surface area contributed by atoms with Crippen LogP contribution >= 0.6 is 0 Å². The number of benzene rings is 6. The summed E-state index contributed by atoms with van der Waals surface area (Å²) >= 11 is 0. The average Bonchev–Trinajstić information content (AvgIpc) is 3.24. The van der Waals surface area contributed by atoms with E-state index in [9.17, 15) is 11.0 Å². The molecule has 6 aromatic carbocycles. The first-order valence-electron chi connectivity index (χ1n) is 23.5. The second-order valence-corrected chi connectivity index (χ2v) is 8.55. The Kier molecular flexibility index (Phi) is 1.87. The van der Waals surface area contributed by atoms with E-state index in [1.807, 2.05) is 0 Å². The monoisotopic (exact) mass is 506 g/mol. The molecule has 2 atom stereocenters. The fourth-order valence-corrected chi connectivity index (χ4v) is 4.96. The molecule has 2 aliphatic carbocycles. The summed E-state index contributed by atoms with van der Waals surface area (Å²) in [6, 6.07) is -20.5. The van der Waals surface area contributed by atoms with Crippen LogP contribution in [0.2, 0.25) is 0 Å². The maximum atomic E-state index is 9.75. The Labute approximate surface area is 256 Å². The van der Waals surface area contributed by atoms with Crippen LogP contribution in [0.25, 0.3) is 49.0 Å². The molecule has 178 valence electrons. The van der Waals surface area contributed by atoms with Gasteiger partial charge in [-0.15, -0.1) is 0 Å². The van der Waals surface area contributed by atoms with Crippen molar-refractivity contribution in [1.29, 1.82) is 0 Å². The van der Waals surface area contributed by atoms with Crippen molar-refractivity contribution in [2.24, 2.45) is 5.92 Å². The summed E-state index contributed by atoms with van der Waals surface area (Å²) in [6.45, 7) is 0. The van der Waals surface area contributed by atoms with E-state index in [-0.39, 0.29) is 0 Å². The Bertz CT molecular complexity index is 3200. The van der Waals surface area contributed by atoms with Gasteiger partial charge < -0.3 is 0 Å². The SMILES string of the molecule is [2H]C1=C([2H])C2C([2H])=C(c3c4c([2H])c([2H])c([2H])c([2H])c4c(-c4c([2H])c([2H])c5c([2H])c([2H])c([2H])c([2H])c5c4[2H])c4c([2H])c([2H])c([2H])c([2H])c34)c3c([2H])c([2H])c([2H])c([2H])c3C2C([2H])=C1[2H]. The molecule has 0 saturated heterocycles. The first kappa shape index (κ1) is 8.41. The third-order valence-corrected chi connectivity index (χ3v) is 6.55.